The van der Waals surface area contributed by atoms with Crippen LogP contribution in [0.15, 0.2) is 12.1 Å². The van der Waals surface area contributed by atoms with Gasteiger partial charge < -0.3 is 15.0 Å². The van der Waals surface area contributed by atoms with Gasteiger partial charge in [0, 0.05) is 31.2 Å². The molecule has 0 bridgehead atoms. The lowest BCUT2D eigenvalue weighted by Gasteiger charge is -2.34. The standard InChI is InChI=1S/C15H22N2O2/c1-10-9-16-7-8-17(10)15(18)13-5-6-14(19-4)12(3)11(13)2/h5-6,10,16H,7-9H2,1-4H3. The number of methoxy groups -OCH3 is 1. The minimum Gasteiger partial charge on any atom is -0.496 e. The maximum absolute atomic E-state index is 12.6. The fourth-order valence-corrected chi connectivity index (χ4v) is 2.55. The summed E-state index contributed by atoms with van der Waals surface area (Å²) in [7, 11) is 1.65. The number of ether oxygens (including phenoxy) is 1. The molecular formula is C15H22N2O2. The summed E-state index contributed by atoms with van der Waals surface area (Å²) in [6.45, 7) is 8.55. The molecule has 0 spiro atoms. The molecule has 104 valence electrons. The number of hydrogen-bond acceptors (Lipinski definition) is 3. The third-order valence-corrected chi connectivity index (χ3v) is 3.95. The van der Waals surface area contributed by atoms with Crippen molar-refractivity contribution in [3.63, 3.8) is 0 Å². The third-order valence-electron chi connectivity index (χ3n) is 3.95. The van der Waals surface area contributed by atoms with E-state index in [1.54, 1.807) is 7.11 Å². The number of amides is 1. The summed E-state index contributed by atoms with van der Waals surface area (Å²) in [6, 6.07) is 3.99. The maximum atomic E-state index is 12.6. The van der Waals surface area contributed by atoms with E-state index in [4.69, 9.17) is 4.74 Å². The largest absolute Gasteiger partial charge is 0.496 e. The molecule has 1 aliphatic rings. The lowest BCUT2D eigenvalue weighted by atomic mass is 10.0. The first-order chi connectivity index (χ1) is 9.06. The number of carbonyl (C=O) groups excluding carboxylic acids is 1. The van der Waals surface area contributed by atoms with Gasteiger partial charge in [0.25, 0.3) is 5.91 Å². The number of nitrogens with zero attached hydrogens (tertiary/aromatic N) is 1. The first kappa shape index (κ1) is 13.9. The summed E-state index contributed by atoms with van der Waals surface area (Å²) in [5.74, 6) is 0.958. The van der Waals surface area contributed by atoms with Crippen molar-refractivity contribution in [1.82, 2.24) is 10.2 Å². The number of nitrogens with one attached hydrogen (secondary N) is 1. The molecule has 19 heavy (non-hydrogen) atoms. The fraction of sp³-hybridized carbons (Fsp3) is 0.533. The van der Waals surface area contributed by atoms with Crippen molar-refractivity contribution < 1.29 is 9.53 Å². The predicted octanol–water partition coefficient (Wildman–Crippen LogP) is 1.75. The lowest BCUT2D eigenvalue weighted by molar-refractivity contribution is 0.0655. The van der Waals surface area contributed by atoms with E-state index >= 15 is 0 Å². The molecule has 1 N–H and O–H groups in total. The Balaban J connectivity index is 2.31. The van der Waals surface area contributed by atoms with Gasteiger partial charge in [-0.1, -0.05) is 0 Å². The van der Waals surface area contributed by atoms with E-state index in [9.17, 15) is 4.79 Å². The predicted molar refractivity (Wildman–Crippen MR) is 75.8 cm³/mol. The van der Waals surface area contributed by atoms with Crippen LogP contribution in [0.4, 0.5) is 0 Å². The van der Waals surface area contributed by atoms with Crippen molar-refractivity contribution in [1.29, 1.82) is 0 Å². The van der Waals surface area contributed by atoms with Gasteiger partial charge in [0.05, 0.1) is 7.11 Å². The van der Waals surface area contributed by atoms with E-state index < -0.39 is 0 Å². The first-order valence-electron chi connectivity index (χ1n) is 6.72. The van der Waals surface area contributed by atoms with Gasteiger partial charge in [0.1, 0.15) is 5.75 Å². The van der Waals surface area contributed by atoms with Crippen LogP contribution in [0.1, 0.15) is 28.4 Å². The second-order valence-corrected chi connectivity index (χ2v) is 5.12. The van der Waals surface area contributed by atoms with Crippen LogP contribution >= 0.6 is 0 Å². The Kier molecular flexibility index (Phi) is 4.10. The Labute approximate surface area is 114 Å². The highest BCUT2D eigenvalue weighted by Crippen LogP contribution is 2.25. The van der Waals surface area contributed by atoms with Crippen LogP contribution in [-0.2, 0) is 0 Å². The molecular weight excluding hydrogens is 240 g/mol. The van der Waals surface area contributed by atoms with E-state index in [2.05, 4.69) is 12.2 Å². The minimum atomic E-state index is 0.122. The molecule has 1 amide bonds. The van der Waals surface area contributed by atoms with E-state index in [1.807, 2.05) is 30.9 Å². The molecule has 1 atom stereocenters. The zero-order valence-electron chi connectivity index (χ0n) is 12.1. The Morgan fingerprint density at radius 2 is 2.11 bits per heavy atom. The Morgan fingerprint density at radius 1 is 1.37 bits per heavy atom. The van der Waals surface area contributed by atoms with E-state index in [1.165, 1.54) is 0 Å². The Morgan fingerprint density at radius 3 is 2.74 bits per heavy atom. The van der Waals surface area contributed by atoms with Crippen LogP contribution in [-0.4, -0.2) is 43.6 Å². The summed E-state index contributed by atoms with van der Waals surface area (Å²) in [5.41, 5.74) is 2.83. The van der Waals surface area contributed by atoms with Gasteiger partial charge >= 0.3 is 0 Å². The summed E-state index contributed by atoms with van der Waals surface area (Å²) in [4.78, 5) is 14.6. The van der Waals surface area contributed by atoms with Crippen LogP contribution in [0, 0.1) is 13.8 Å². The molecule has 4 heteroatoms. The molecule has 1 saturated heterocycles. The number of piperazine rings is 1. The van der Waals surface area contributed by atoms with Crippen LogP contribution in [0.5, 0.6) is 5.75 Å². The lowest BCUT2D eigenvalue weighted by Crippen LogP contribution is -2.52. The van der Waals surface area contributed by atoms with Crippen LogP contribution in [0.3, 0.4) is 0 Å². The number of carbonyl (C=O) groups is 1. The van der Waals surface area contributed by atoms with Crippen molar-refractivity contribution in [2.75, 3.05) is 26.7 Å². The molecule has 0 radical (unpaired) electrons. The van der Waals surface area contributed by atoms with Gasteiger partial charge in [-0.2, -0.15) is 0 Å². The van der Waals surface area contributed by atoms with Gasteiger partial charge in [0.2, 0.25) is 0 Å². The second-order valence-electron chi connectivity index (χ2n) is 5.12. The topological polar surface area (TPSA) is 41.6 Å². The van der Waals surface area contributed by atoms with E-state index in [0.29, 0.717) is 0 Å². The Hall–Kier alpha value is -1.55. The number of rotatable bonds is 2. The molecule has 4 nitrogen and oxygen atoms in total. The zero-order chi connectivity index (χ0) is 14.0. The van der Waals surface area contributed by atoms with Crippen molar-refractivity contribution in [3.8, 4) is 5.75 Å². The molecule has 1 aromatic carbocycles. The molecule has 0 aliphatic carbocycles. The molecule has 0 saturated carbocycles. The minimum absolute atomic E-state index is 0.122. The van der Waals surface area contributed by atoms with Crippen molar-refractivity contribution in [2.24, 2.45) is 0 Å². The van der Waals surface area contributed by atoms with Gasteiger partial charge in [-0.15, -0.1) is 0 Å². The monoisotopic (exact) mass is 262 g/mol. The molecule has 2 rings (SSSR count). The average molecular weight is 262 g/mol. The first-order valence-corrected chi connectivity index (χ1v) is 6.72. The molecule has 1 fully saturated rings. The summed E-state index contributed by atoms with van der Waals surface area (Å²) in [6.07, 6.45) is 0. The highest BCUT2D eigenvalue weighted by atomic mass is 16.5. The SMILES string of the molecule is COc1ccc(C(=O)N2CCNCC2C)c(C)c1C. The van der Waals surface area contributed by atoms with E-state index in [0.717, 1.165) is 42.1 Å². The van der Waals surface area contributed by atoms with Crippen LogP contribution < -0.4 is 10.1 Å². The average Bonchev–Trinajstić information content (AvgIpc) is 2.41. The normalized spacial score (nSPS) is 19.4. The number of benzene rings is 1. The van der Waals surface area contributed by atoms with Crippen molar-refractivity contribution in [2.45, 2.75) is 26.8 Å². The highest BCUT2D eigenvalue weighted by molar-refractivity contribution is 5.96. The molecule has 1 unspecified atom stereocenters. The molecule has 0 aromatic heterocycles. The van der Waals surface area contributed by atoms with Crippen molar-refractivity contribution >= 4 is 5.91 Å². The van der Waals surface area contributed by atoms with Crippen molar-refractivity contribution in [3.05, 3.63) is 28.8 Å². The maximum Gasteiger partial charge on any atom is 0.254 e. The summed E-state index contributed by atoms with van der Waals surface area (Å²) >= 11 is 0. The summed E-state index contributed by atoms with van der Waals surface area (Å²) < 4.78 is 5.29. The second kappa shape index (κ2) is 5.61. The molecule has 1 aromatic rings. The van der Waals surface area contributed by atoms with Crippen LogP contribution in [0.25, 0.3) is 0 Å². The molecule has 1 heterocycles. The summed E-state index contributed by atoms with van der Waals surface area (Å²) in [5, 5.41) is 3.30. The smallest absolute Gasteiger partial charge is 0.254 e. The fourth-order valence-electron chi connectivity index (χ4n) is 2.55. The number of hydrogen-bond donors (Lipinski definition) is 1. The third kappa shape index (κ3) is 2.59. The van der Waals surface area contributed by atoms with Gasteiger partial charge in [-0.05, 0) is 44.0 Å². The van der Waals surface area contributed by atoms with Crippen LogP contribution in [0.2, 0.25) is 0 Å². The van der Waals surface area contributed by atoms with E-state index in [-0.39, 0.29) is 11.9 Å². The van der Waals surface area contributed by atoms with Gasteiger partial charge in [-0.3, -0.25) is 4.79 Å². The highest BCUT2D eigenvalue weighted by Gasteiger charge is 2.25. The molecule has 1 aliphatic heterocycles. The van der Waals surface area contributed by atoms with Gasteiger partial charge in [0.15, 0.2) is 0 Å². The zero-order valence-corrected chi connectivity index (χ0v) is 12.1. The quantitative estimate of drug-likeness (QED) is 0.883. The van der Waals surface area contributed by atoms with Gasteiger partial charge in [-0.25, -0.2) is 0 Å². The Bertz CT molecular complexity index is 485.